The van der Waals surface area contributed by atoms with Gasteiger partial charge in [-0.3, -0.25) is 0 Å². The lowest BCUT2D eigenvalue weighted by Gasteiger charge is -2.60. The quantitative estimate of drug-likeness (QED) is 0.431. The van der Waals surface area contributed by atoms with E-state index in [4.69, 9.17) is 4.65 Å². The van der Waals surface area contributed by atoms with Crippen molar-refractivity contribution in [2.75, 3.05) is 0 Å². The summed E-state index contributed by atoms with van der Waals surface area (Å²) in [4.78, 5) is 0. The van der Waals surface area contributed by atoms with Crippen molar-refractivity contribution in [3.8, 4) is 0 Å². The molecular weight excluding hydrogens is 367 g/mol. The zero-order valence-electron chi connectivity index (χ0n) is 20.6. The van der Waals surface area contributed by atoms with Crippen molar-refractivity contribution >= 4 is 8.05 Å². The number of aliphatic hydroxyl groups is 1. The number of rotatable bonds is 6. The van der Waals surface area contributed by atoms with E-state index in [2.05, 4.69) is 40.7 Å². The zero-order chi connectivity index (χ0) is 21.7. The van der Waals surface area contributed by atoms with Crippen LogP contribution in [0.5, 0.6) is 0 Å². The van der Waals surface area contributed by atoms with Crippen molar-refractivity contribution < 1.29 is 9.76 Å². The van der Waals surface area contributed by atoms with Crippen LogP contribution >= 0.6 is 0 Å². The summed E-state index contributed by atoms with van der Waals surface area (Å²) in [7, 11) is 1.92. The summed E-state index contributed by atoms with van der Waals surface area (Å²) in [5.74, 6) is 4.79. The van der Waals surface area contributed by atoms with Gasteiger partial charge in [0.25, 0.3) is 8.05 Å². The first-order valence-electron chi connectivity index (χ1n) is 13.1. The third-order valence-corrected chi connectivity index (χ3v) is 10.6. The molecule has 170 valence electrons. The number of fused-ring (bicyclic) bond motifs is 5. The molecule has 4 rings (SSSR count). The van der Waals surface area contributed by atoms with Gasteiger partial charge in [0.15, 0.2) is 0 Å². The van der Waals surface area contributed by atoms with Crippen LogP contribution in [0.25, 0.3) is 0 Å². The molecule has 0 radical (unpaired) electrons. The minimum absolute atomic E-state index is 0.144. The summed E-state index contributed by atoms with van der Waals surface area (Å²) in [6, 6.07) is 0. The predicted octanol–water partition coefficient (Wildman–Crippen LogP) is 5.93. The van der Waals surface area contributed by atoms with Crippen molar-refractivity contribution in [2.45, 2.75) is 111 Å². The predicted molar refractivity (Wildman–Crippen MR) is 128 cm³/mol. The minimum atomic E-state index is -0.144. The number of hydrogen-bond acceptors (Lipinski definition) is 2. The Morgan fingerprint density at radius 3 is 2.53 bits per heavy atom. The molecule has 0 heterocycles. The molecule has 3 saturated carbocycles. The van der Waals surface area contributed by atoms with Gasteiger partial charge in [0.2, 0.25) is 0 Å². The maximum absolute atomic E-state index is 10.3. The third-order valence-electron chi connectivity index (χ3n) is 10.6. The highest BCUT2D eigenvalue weighted by atomic mass is 16.4. The van der Waals surface area contributed by atoms with Gasteiger partial charge in [-0.2, -0.15) is 0 Å². The summed E-state index contributed by atoms with van der Waals surface area (Å²) in [5.41, 5.74) is 2.29. The van der Waals surface area contributed by atoms with Crippen molar-refractivity contribution in [3.05, 3.63) is 11.6 Å². The lowest BCUT2D eigenvalue weighted by atomic mass is 9.46. The highest BCUT2D eigenvalue weighted by molar-refractivity contribution is 5.98. The van der Waals surface area contributed by atoms with E-state index in [0.717, 1.165) is 48.9 Å². The molecule has 0 aromatic carbocycles. The molecule has 4 aliphatic rings. The summed E-state index contributed by atoms with van der Waals surface area (Å²) in [6.07, 6.45) is 15.4. The van der Waals surface area contributed by atoms with Crippen LogP contribution in [0, 0.1) is 46.3 Å². The molecule has 0 aromatic heterocycles. The highest BCUT2D eigenvalue weighted by Crippen LogP contribution is 2.67. The van der Waals surface area contributed by atoms with Crippen LogP contribution in [0.2, 0.25) is 0 Å². The molecule has 0 spiro atoms. The fourth-order valence-electron chi connectivity index (χ4n) is 8.85. The Labute approximate surface area is 187 Å². The van der Waals surface area contributed by atoms with Crippen LogP contribution in [-0.4, -0.2) is 25.4 Å². The Bertz CT molecular complexity index is 645. The second kappa shape index (κ2) is 8.58. The smallest absolute Gasteiger partial charge is 0.258 e. The number of aliphatic hydroxyl groups excluding tert-OH is 1. The fourth-order valence-corrected chi connectivity index (χ4v) is 8.85. The Morgan fingerprint density at radius 2 is 1.83 bits per heavy atom. The lowest BCUT2D eigenvalue weighted by Crippen LogP contribution is -2.55. The van der Waals surface area contributed by atoms with E-state index in [1.807, 2.05) is 8.05 Å². The van der Waals surface area contributed by atoms with Gasteiger partial charge in [0, 0.05) is 0 Å². The van der Waals surface area contributed by atoms with Crippen LogP contribution in [0.15, 0.2) is 11.6 Å². The first-order chi connectivity index (χ1) is 14.2. The molecule has 1 N–H and O–H groups in total. The second-order valence-electron chi connectivity index (χ2n) is 12.5. The van der Waals surface area contributed by atoms with E-state index in [1.165, 1.54) is 50.5 Å². The number of hydrogen-bond donors (Lipinski definition) is 1. The zero-order valence-corrected chi connectivity index (χ0v) is 20.6. The molecule has 3 fully saturated rings. The van der Waals surface area contributed by atoms with Crippen molar-refractivity contribution in [2.24, 2.45) is 46.3 Å². The lowest BCUT2D eigenvalue weighted by molar-refractivity contribution is -0.0903. The van der Waals surface area contributed by atoms with Crippen LogP contribution in [0.3, 0.4) is 0 Å². The highest BCUT2D eigenvalue weighted by Gasteiger charge is 2.61. The van der Waals surface area contributed by atoms with Gasteiger partial charge in [0.05, 0.1) is 12.2 Å². The van der Waals surface area contributed by atoms with E-state index in [-0.39, 0.29) is 12.2 Å². The largest absolute Gasteiger partial charge is 0.438 e. The Hall–Kier alpha value is -0.275. The minimum Gasteiger partial charge on any atom is -0.438 e. The van der Waals surface area contributed by atoms with Crippen molar-refractivity contribution in [1.82, 2.24) is 0 Å². The van der Waals surface area contributed by atoms with Crippen LogP contribution in [0.1, 0.15) is 98.8 Å². The van der Waals surface area contributed by atoms with Gasteiger partial charge >= 0.3 is 0 Å². The molecule has 2 nitrogen and oxygen atoms in total. The maximum atomic E-state index is 10.3. The second-order valence-corrected chi connectivity index (χ2v) is 12.5. The van der Waals surface area contributed by atoms with E-state index >= 15 is 0 Å². The molecule has 9 atom stereocenters. The molecule has 3 heteroatoms. The summed E-state index contributed by atoms with van der Waals surface area (Å²) in [5, 5.41) is 10.3. The summed E-state index contributed by atoms with van der Waals surface area (Å²) < 4.78 is 6.17. The fraction of sp³-hybridized carbons (Fsp3) is 0.926. The molecule has 4 aliphatic carbocycles. The average Bonchev–Trinajstić information content (AvgIpc) is 3.05. The van der Waals surface area contributed by atoms with Gasteiger partial charge in [-0.05, 0) is 91.3 Å². The molecule has 0 amide bonds. The molecular formula is C27H47BO2. The average molecular weight is 414 g/mol. The van der Waals surface area contributed by atoms with Crippen LogP contribution in [-0.2, 0) is 4.65 Å². The third kappa shape index (κ3) is 3.74. The van der Waals surface area contributed by atoms with E-state index in [0.29, 0.717) is 16.7 Å². The molecule has 30 heavy (non-hydrogen) atoms. The molecule has 0 saturated heterocycles. The SMILES string of the molecule is BOC1C=C2CC(O)CCC2(C)C2CCC3(C)C(C(C)CCCC(C)C)CCC3C12. The summed E-state index contributed by atoms with van der Waals surface area (Å²) in [6.45, 7) is 12.5. The molecule has 0 aliphatic heterocycles. The van der Waals surface area contributed by atoms with Gasteiger partial charge in [-0.1, -0.05) is 65.5 Å². The van der Waals surface area contributed by atoms with Gasteiger partial charge < -0.3 is 9.76 Å². The molecule has 0 bridgehead atoms. The Morgan fingerprint density at radius 1 is 1.07 bits per heavy atom. The van der Waals surface area contributed by atoms with Crippen molar-refractivity contribution in [1.29, 1.82) is 0 Å². The van der Waals surface area contributed by atoms with Crippen molar-refractivity contribution in [3.63, 3.8) is 0 Å². The van der Waals surface area contributed by atoms with Gasteiger partial charge in [-0.15, -0.1) is 0 Å². The van der Waals surface area contributed by atoms with Crippen LogP contribution < -0.4 is 0 Å². The first kappa shape index (κ1) is 22.9. The first-order valence-corrected chi connectivity index (χ1v) is 13.1. The van der Waals surface area contributed by atoms with E-state index in [9.17, 15) is 5.11 Å². The topological polar surface area (TPSA) is 29.5 Å². The van der Waals surface area contributed by atoms with E-state index < -0.39 is 0 Å². The monoisotopic (exact) mass is 414 g/mol. The maximum Gasteiger partial charge on any atom is 0.258 e. The normalized spacial score (nSPS) is 46.7. The summed E-state index contributed by atoms with van der Waals surface area (Å²) >= 11 is 0. The van der Waals surface area contributed by atoms with Gasteiger partial charge in [-0.25, -0.2) is 0 Å². The van der Waals surface area contributed by atoms with Crippen LogP contribution in [0.4, 0.5) is 0 Å². The van der Waals surface area contributed by atoms with E-state index in [1.54, 1.807) is 0 Å². The molecule has 0 aromatic rings. The van der Waals surface area contributed by atoms with Gasteiger partial charge in [0.1, 0.15) is 0 Å². The Balaban J connectivity index is 1.56. The molecule has 9 unspecified atom stereocenters. The Kier molecular flexibility index (Phi) is 6.55. The standard InChI is InChI=1S/C27H47BO2/c1-17(2)7-6-8-18(3)21-9-10-22-25-23(12-14-27(21,22)5)26(4)13-11-20(29)15-19(26)16-24(25)30-28/h16-18,20-25,29H,6-15,28H2,1-5H3.